The van der Waals surface area contributed by atoms with Crippen LogP contribution >= 0.6 is 0 Å². The number of hydrogen-bond donors (Lipinski definition) is 0. The smallest absolute Gasteiger partial charge is 0.336 e. The summed E-state index contributed by atoms with van der Waals surface area (Å²) in [5, 5.41) is 11.9. The van der Waals surface area contributed by atoms with Crippen LogP contribution in [0.4, 0.5) is 5.69 Å². The van der Waals surface area contributed by atoms with E-state index in [0.717, 1.165) is 22.1 Å². The number of nitrogens with zero attached hydrogens (tertiary/aromatic N) is 2. The van der Waals surface area contributed by atoms with Gasteiger partial charge >= 0.3 is 5.63 Å². The molecule has 0 bridgehead atoms. The van der Waals surface area contributed by atoms with Crippen molar-refractivity contribution >= 4 is 16.7 Å². The molecule has 1 unspecified atom stereocenters. The van der Waals surface area contributed by atoms with Crippen molar-refractivity contribution < 1.29 is 9.34 Å². The Hall–Kier alpha value is -2.99. The van der Waals surface area contributed by atoms with Crippen molar-refractivity contribution in [2.24, 2.45) is 0 Å². The van der Waals surface area contributed by atoms with E-state index < -0.39 is 4.92 Å². The monoisotopic (exact) mass is 352 g/mol. The standard InChI is InChI=1S/C20H20N2O4/c1-13-7-8-18-16(11-20(23)26-19(18)9-13)12-21(3)14(2)15-5-4-6-17(10-15)22(24)25/h4-11,14H,12H2,1-3H3. The average Bonchev–Trinajstić information content (AvgIpc) is 2.60. The summed E-state index contributed by atoms with van der Waals surface area (Å²) in [7, 11) is 1.93. The number of nitro groups is 1. The zero-order chi connectivity index (χ0) is 18.8. The summed E-state index contributed by atoms with van der Waals surface area (Å²) in [6.07, 6.45) is 0. The van der Waals surface area contributed by atoms with Crippen LogP contribution in [-0.4, -0.2) is 16.9 Å². The summed E-state index contributed by atoms with van der Waals surface area (Å²) in [5.74, 6) is 0. The van der Waals surface area contributed by atoms with Gasteiger partial charge in [0.25, 0.3) is 5.69 Å². The van der Waals surface area contributed by atoms with E-state index in [-0.39, 0.29) is 17.4 Å². The topological polar surface area (TPSA) is 76.6 Å². The SMILES string of the molecule is Cc1ccc2c(CN(C)C(C)c3cccc([N+](=O)[O-])c3)cc(=O)oc2c1. The van der Waals surface area contributed by atoms with Gasteiger partial charge in [-0.2, -0.15) is 0 Å². The van der Waals surface area contributed by atoms with Gasteiger partial charge in [0.2, 0.25) is 0 Å². The maximum absolute atomic E-state index is 11.9. The summed E-state index contributed by atoms with van der Waals surface area (Å²) in [6, 6.07) is 13.9. The Morgan fingerprint density at radius 3 is 2.69 bits per heavy atom. The molecule has 2 aromatic carbocycles. The Bertz CT molecular complexity index is 1030. The van der Waals surface area contributed by atoms with Crippen molar-refractivity contribution in [1.82, 2.24) is 4.90 Å². The summed E-state index contributed by atoms with van der Waals surface area (Å²) >= 11 is 0. The first-order valence-corrected chi connectivity index (χ1v) is 8.33. The molecular formula is C20H20N2O4. The van der Waals surface area contributed by atoms with Crippen LogP contribution < -0.4 is 5.63 Å². The van der Waals surface area contributed by atoms with Crippen molar-refractivity contribution in [3.8, 4) is 0 Å². The fourth-order valence-corrected chi connectivity index (χ4v) is 3.03. The second-order valence-electron chi connectivity index (χ2n) is 6.53. The molecule has 3 aromatic rings. The molecule has 0 spiro atoms. The number of aryl methyl sites for hydroxylation is 1. The first-order chi connectivity index (χ1) is 12.3. The lowest BCUT2D eigenvalue weighted by Crippen LogP contribution is -2.22. The van der Waals surface area contributed by atoms with Gasteiger partial charge in [-0.3, -0.25) is 15.0 Å². The van der Waals surface area contributed by atoms with E-state index in [9.17, 15) is 14.9 Å². The first-order valence-electron chi connectivity index (χ1n) is 8.33. The van der Waals surface area contributed by atoms with Crippen molar-refractivity contribution in [1.29, 1.82) is 0 Å². The fraction of sp³-hybridized carbons (Fsp3) is 0.250. The van der Waals surface area contributed by atoms with Crippen LogP contribution in [0.1, 0.15) is 29.7 Å². The Morgan fingerprint density at radius 2 is 1.96 bits per heavy atom. The van der Waals surface area contributed by atoms with Crippen LogP contribution in [0.2, 0.25) is 0 Å². The molecule has 0 amide bonds. The Labute approximate surface area is 150 Å². The van der Waals surface area contributed by atoms with Gasteiger partial charge < -0.3 is 4.42 Å². The van der Waals surface area contributed by atoms with E-state index in [1.807, 2.05) is 50.1 Å². The van der Waals surface area contributed by atoms with Crippen molar-refractivity contribution in [3.63, 3.8) is 0 Å². The zero-order valence-electron chi connectivity index (χ0n) is 14.9. The number of fused-ring (bicyclic) bond motifs is 1. The number of non-ortho nitro benzene ring substituents is 1. The molecule has 0 aliphatic rings. The lowest BCUT2D eigenvalue weighted by molar-refractivity contribution is -0.384. The van der Waals surface area contributed by atoms with Gasteiger partial charge in [0.1, 0.15) is 5.58 Å². The third-order valence-corrected chi connectivity index (χ3v) is 4.63. The molecule has 134 valence electrons. The van der Waals surface area contributed by atoms with E-state index in [0.29, 0.717) is 12.1 Å². The maximum Gasteiger partial charge on any atom is 0.336 e. The normalized spacial score (nSPS) is 12.5. The van der Waals surface area contributed by atoms with E-state index in [1.54, 1.807) is 12.1 Å². The van der Waals surface area contributed by atoms with Crippen molar-refractivity contribution in [2.45, 2.75) is 26.4 Å². The molecule has 0 radical (unpaired) electrons. The first kappa shape index (κ1) is 17.8. The van der Waals surface area contributed by atoms with Crippen LogP contribution in [-0.2, 0) is 6.54 Å². The molecule has 1 aromatic heterocycles. The molecule has 6 heteroatoms. The molecule has 0 aliphatic heterocycles. The molecule has 0 N–H and O–H groups in total. The highest BCUT2D eigenvalue weighted by molar-refractivity contribution is 5.80. The van der Waals surface area contributed by atoms with Gasteiger partial charge in [0, 0.05) is 36.2 Å². The third kappa shape index (κ3) is 3.65. The molecule has 1 heterocycles. The molecule has 6 nitrogen and oxygen atoms in total. The van der Waals surface area contributed by atoms with E-state index >= 15 is 0 Å². The largest absolute Gasteiger partial charge is 0.423 e. The highest BCUT2D eigenvalue weighted by atomic mass is 16.6. The highest BCUT2D eigenvalue weighted by Crippen LogP contribution is 2.26. The molecular weight excluding hydrogens is 332 g/mol. The van der Waals surface area contributed by atoms with Gasteiger partial charge in [-0.1, -0.05) is 24.3 Å². The molecule has 0 aliphatic carbocycles. The van der Waals surface area contributed by atoms with E-state index in [2.05, 4.69) is 0 Å². The quantitative estimate of drug-likeness (QED) is 0.391. The second kappa shape index (κ2) is 7.09. The van der Waals surface area contributed by atoms with Crippen LogP contribution in [0.5, 0.6) is 0 Å². The molecule has 26 heavy (non-hydrogen) atoms. The molecule has 1 atom stereocenters. The molecule has 0 saturated heterocycles. The predicted molar refractivity (Wildman–Crippen MR) is 100 cm³/mol. The van der Waals surface area contributed by atoms with Crippen LogP contribution in [0.15, 0.2) is 57.7 Å². The maximum atomic E-state index is 11.9. The fourth-order valence-electron chi connectivity index (χ4n) is 3.03. The van der Waals surface area contributed by atoms with Crippen molar-refractivity contribution in [2.75, 3.05) is 7.05 Å². The molecule has 3 rings (SSSR count). The Kier molecular flexibility index (Phi) is 4.86. The van der Waals surface area contributed by atoms with Gasteiger partial charge in [-0.15, -0.1) is 0 Å². The minimum absolute atomic E-state index is 0.0531. The third-order valence-electron chi connectivity index (χ3n) is 4.63. The van der Waals surface area contributed by atoms with Gasteiger partial charge in [0.15, 0.2) is 0 Å². The molecule has 0 saturated carbocycles. The summed E-state index contributed by atoms with van der Waals surface area (Å²) < 4.78 is 5.30. The van der Waals surface area contributed by atoms with Gasteiger partial charge in [-0.05, 0) is 43.7 Å². The number of benzene rings is 2. The lowest BCUT2D eigenvalue weighted by atomic mass is 10.0. The van der Waals surface area contributed by atoms with Gasteiger partial charge in [-0.25, -0.2) is 4.79 Å². The minimum Gasteiger partial charge on any atom is -0.423 e. The van der Waals surface area contributed by atoms with Crippen LogP contribution in [0.3, 0.4) is 0 Å². The minimum atomic E-state index is -0.394. The van der Waals surface area contributed by atoms with E-state index in [4.69, 9.17) is 4.42 Å². The Morgan fingerprint density at radius 1 is 1.19 bits per heavy atom. The average molecular weight is 352 g/mol. The summed E-state index contributed by atoms with van der Waals surface area (Å²) in [4.78, 5) is 24.5. The van der Waals surface area contributed by atoms with Crippen molar-refractivity contribution in [3.05, 3.63) is 85.8 Å². The summed E-state index contributed by atoms with van der Waals surface area (Å²) in [5.41, 5.74) is 3.01. The van der Waals surface area contributed by atoms with Crippen LogP contribution in [0, 0.1) is 17.0 Å². The summed E-state index contributed by atoms with van der Waals surface area (Å²) in [6.45, 7) is 4.45. The number of rotatable bonds is 5. The second-order valence-corrected chi connectivity index (χ2v) is 6.53. The number of hydrogen-bond acceptors (Lipinski definition) is 5. The number of nitro benzene ring substituents is 1. The van der Waals surface area contributed by atoms with Crippen LogP contribution in [0.25, 0.3) is 11.0 Å². The highest BCUT2D eigenvalue weighted by Gasteiger charge is 2.17. The molecule has 0 fully saturated rings. The predicted octanol–water partition coefficient (Wildman–Crippen LogP) is 4.20. The van der Waals surface area contributed by atoms with E-state index in [1.165, 1.54) is 12.1 Å². The zero-order valence-corrected chi connectivity index (χ0v) is 14.9. The lowest BCUT2D eigenvalue weighted by Gasteiger charge is -2.25. The Balaban J connectivity index is 1.91. The van der Waals surface area contributed by atoms with Gasteiger partial charge in [0.05, 0.1) is 4.92 Å².